The van der Waals surface area contributed by atoms with Crippen molar-refractivity contribution in [3.05, 3.63) is 95.6 Å². The molecule has 6 nitrogen and oxygen atoms in total. The summed E-state index contributed by atoms with van der Waals surface area (Å²) in [5, 5.41) is 5.82. The van der Waals surface area contributed by atoms with Gasteiger partial charge in [0.2, 0.25) is 5.91 Å². The maximum Gasteiger partial charge on any atom is 0.255 e. The van der Waals surface area contributed by atoms with E-state index in [0.29, 0.717) is 30.9 Å². The highest BCUT2D eigenvalue weighted by Gasteiger charge is 2.22. The number of nitrogens with one attached hydrogen (secondary N) is 2. The Bertz CT molecular complexity index is 1070. The molecule has 0 spiro atoms. The van der Waals surface area contributed by atoms with Crippen molar-refractivity contribution in [3.8, 4) is 11.5 Å². The number of ether oxygens (including phenoxy) is 2. The number of rotatable bonds is 12. The largest absolute Gasteiger partial charge is 0.496 e. The second-order valence-electron chi connectivity index (χ2n) is 7.65. The molecule has 34 heavy (non-hydrogen) atoms. The summed E-state index contributed by atoms with van der Waals surface area (Å²) in [4.78, 5) is 25.8. The lowest BCUT2D eigenvalue weighted by molar-refractivity contribution is -0.123. The molecular weight excluding hydrogens is 448 g/mol. The van der Waals surface area contributed by atoms with E-state index in [1.165, 1.54) is 7.11 Å². The smallest absolute Gasteiger partial charge is 0.255 e. The summed E-state index contributed by atoms with van der Waals surface area (Å²) in [7, 11) is 1.52. The van der Waals surface area contributed by atoms with Gasteiger partial charge >= 0.3 is 0 Å². The first-order chi connectivity index (χ1) is 16.6. The molecular formula is C27H30N2O4S. The van der Waals surface area contributed by atoms with Crippen molar-refractivity contribution in [2.24, 2.45) is 0 Å². The third-order valence-corrected chi connectivity index (χ3v) is 5.83. The predicted octanol–water partition coefficient (Wildman–Crippen LogP) is 4.44. The number of methoxy groups -OCH3 is 1. The number of carbonyl (C=O) groups excluding carboxylic acids is 2. The average Bonchev–Trinajstić information content (AvgIpc) is 2.89. The maximum absolute atomic E-state index is 12.9. The quantitative estimate of drug-likeness (QED) is 0.402. The maximum atomic E-state index is 12.9. The molecule has 0 aromatic heterocycles. The van der Waals surface area contributed by atoms with E-state index < -0.39 is 6.04 Å². The Balaban J connectivity index is 1.59. The molecule has 178 valence electrons. The number of benzene rings is 3. The van der Waals surface area contributed by atoms with E-state index in [0.717, 1.165) is 22.6 Å². The summed E-state index contributed by atoms with van der Waals surface area (Å²) in [6.45, 7) is 0.801. The molecule has 0 aliphatic rings. The molecule has 3 aromatic carbocycles. The lowest BCUT2D eigenvalue weighted by atomic mass is 10.1. The van der Waals surface area contributed by atoms with Gasteiger partial charge in [0.1, 0.15) is 24.1 Å². The van der Waals surface area contributed by atoms with E-state index in [4.69, 9.17) is 9.47 Å². The second kappa shape index (κ2) is 13.3. The summed E-state index contributed by atoms with van der Waals surface area (Å²) in [5.41, 5.74) is 2.37. The predicted molar refractivity (Wildman–Crippen MR) is 136 cm³/mol. The summed E-state index contributed by atoms with van der Waals surface area (Å²) >= 11 is 1.63. The molecule has 0 radical (unpaired) electrons. The normalized spacial score (nSPS) is 11.4. The molecule has 2 amide bonds. The number of hydrogen-bond donors (Lipinski definition) is 2. The molecule has 0 aliphatic carbocycles. The van der Waals surface area contributed by atoms with Gasteiger partial charge in [-0.25, -0.2) is 0 Å². The molecule has 0 heterocycles. The van der Waals surface area contributed by atoms with Gasteiger partial charge in [0.15, 0.2) is 0 Å². The summed E-state index contributed by atoms with van der Waals surface area (Å²) in [5.74, 6) is 1.47. The average molecular weight is 479 g/mol. The zero-order chi connectivity index (χ0) is 24.2. The number of hydrogen-bond acceptors (Lipinski definition) is 5. The fraction of sp³-hybridized carbons (Fsp3) is 0.259. The minimum Gasteiger partial charge on any atom is -0.496 e. The zero-order valence-electron chi connectivity index (χ0n) is 19.5. The van der Waals surface area contributed by atoms with Crippen LogP contribution < -0.4 is 20.1 Å². The van der Waals surface area contributed by atoms with E-state index in [2.05, 4.69) is 10.6 Å². The highest BCUT2D eigenvalue weighted by atomic mass is 32.2. The highest BCUT2D eigenvalue weighted by Crippen LogP contribution is 2.18. The van der Waals surface area contributed by atoms with Crippen molar-refractivity contribution >= 4 is 23.6 Å². The lowest BCUT2D eigenvalue weighted by Gasteiger charge is -2.19. The Morgan fingerprint density at radius 3 is 2.44 bits per heavy atom. The van der Waals surface area contributed by atoms with E-state index in [1.54, 1.807) is 36.0 Å². The fourth-order valence-corrected chi connectivity index (χ4v) is 3.87. The molecule has 0 aliphatic heterocycles. The van der Waals surface area contributed by atoms with Crippen LogP contribution in [0.2, 0.25) is 0 Å². The van der Waals surface area contributed by atoms with Crippen molar-refractivity contribution in [2.75, 3.05) is 19.1 Å². The third-order valence-electron chi connectivity index (χ3n) is 5.19. The summed E-state index contributed by atoms with van der Waals surface area (Å²) in [6.07, 6.45) is 2.50. The van der Waals surface area contributed by atoms with Crippen molar-refractivity contribution in [3.63, 3.8) is 0 Å². The van der Waals surface area contributed by atoms with Gasteiger partial charge in [-0.05, 0) is 53.8 Å². The van der Waals surface area contributed by atoms with Gasteiger partial charge in [0.25, 0.3) is 5.91 Å². The van der Waals surface area contributed by atoms with Crippen LogP contribution in [0.15, 0.2) is 78.9 Å². The SMILES string of the molecule is COc1ccccc1C(=O)NC(CCSC)C(=O)NCc1cccc(COc2ccccc2)c1. The number of para-hydroxylation sites is 2. The second-order valence-corrected chi connectivity index (χ2v) is 8.63. The van der Waals surface area contributed by atoms with Gasteiger partial charge in [-0.1, -0.05) is 54.6 Å². The Kier molecular flexibility index (Phi) is 9.85. The Morgan fingerprint density at radius 1 is 0.941 bits per heavy atom. The zero-order valence-corrected chi connectivity index (χ0v) is 20.3. The standard InChI is InChI=1S/C27H30N2O4S/c1-32-25-14-7-6-13-23(25)26(30)29-24(15-16-34-2)27(31)28-18-20-9-8-10-21(17-20)19-33-22-11-4-3-5-12-22/h3-14,17,24H,15-16,18-19H2,1-2H3,(H,28,31)(H,29,30). The van der Waals surface area contributed by atoms with Crippen molar-refractivity contribution in [1.82, 2.24) is 10.6 Å². The van der Waals surface area contributed by atoms with Crippen LogP contribution in [-0.4, -0.2) is 37.0 Å². The summed E-state index contributed by atoms with van der Waals surface area (Å²) < 4.78 is 11.1. The van der Waals surface area contributed by atoms with Gasteiger partial charge in [-0.15, -0.1) is 0 Å². The molecule has 2 N–H and O–H groups in total. The van der Waals surface area contributed by atoms with Crippen molar-refractivity contribution < 1.29 is 19.1 Å². The van der Waals surface area contributed by atoms with Gasteiger partial charge in [-0.2, -0.15) is 11.8 Å². The van der Waals surface area contributed by atoms with Gasteiger partial charge in [-0.3, -0.25) is 9.59 Å². The van der Waals surface area contributed by atoms with Gasteiger partial charge in [0.05, 0.1) is 12.7 Å². The van der Waals surface area contributed by atoms with Gasteiger partial charge < -0.3 is 20.1 Å². The molecule has 0 saturated heterocycles. The molecule has 1 atom stereocenters. The Morgan fingerprint density at radius 2 is 1.68 bits per heavy atom. The molecule has 1 unspecified atom stereocenters. The third kappa shape index (κ3) is 7.56. The molecule has 0 bridgehead atoms. The molecule has 0 saturated carbocycles. The number of thioether (sulfide) groups is 1. The first kappa shape index (κ1) is 25.2. The summed E-state index contributed by atoms with van der Waals surface area (Å²) in [6, 6.07) is 23.9. The van der Waals surface area contributed by atoms with Crippen LogP contribution in [0, 0.1) is 0 Å². The Hall–Kier alpha value is -3.45. The first-order valence-corrected chi connectivity index (χ1v) is 12.5. The van der Waals surface area contributed by atoms with E-state index in [9.17, 15) is 9.59 Å². The van der Waals surface area contributed by atoms with Crippen LogP contribution in [0.1, 0.15) is 27.9 Å². The minimum absolute atomic E-state index is 0.219. The van der Waals surface area contributed by atoms with Crippen molar-refractivity contribution in [2.45, 2.75) is 25.6 Å². The topological polar surface area (TPSA) is 76.7 Å². The molecule has 0 fully saturated rings. The first-order valence-electron chi connectivity index (χ1n) is 11.1. The molecule has 7 heteroatoms. The highest BCUT2D eigenvalue weighted by molar-refractivity contribution is 7.98. The molecule has 3 rings (SSSR count). The van der Waals surface area contributed by atoms with Crippen LogP contribution in [0.4, 0.5) is 0 Å². The van der Waals surface area contributed by atoms with E-state index in [-0.39, 0.29) is 11.8 Å². The lowest BCUT2D eigenvalue weighted by Crippen LogP contribution is -2.47. The van der Waals surface area contributed by atoms with E-state index in [1.807, 2.05) is 60.9 Å². The van der Waals surface area contributed by atoms with E-state index >= 15 is 0 Å². The number of amides is 2. The Labute approximate surface area is 205 Å². The molecule has 3 aromatic rings. The van der Waals surface area contributed by atoms with Crippen molar-refractivity contribution in [1.29, 1.82) is 0 Å². The fourth-order valence-electron chi connectivity index (χ4n) is 3.40. The van der Waals surface area contributed by atoms with Crippen LogP contribution in [-0.2, 0) is 17.9 Å². The van der Waals surface area contributed by atoms with Crippen LogP contribution in [0.5, 0.6) is 11.5 Å². The van der Waals surface area contributed by atoms with Crippen LogP contribution in [0.3, 0.4) is 0 Å². The van der Waals surface area contributed by atoms with Crippen LogP contribution >= 0.6 is 11.8 Å². The minimum atomic E-state index is -0.644. The van der Waals surface area contributed by atoms with Gasteiger partial charge in [0, 0.05) is 6.54 Å². The monoisotopic (exact) mass is 478 g/mol. The van der Waals surface area contributed by atoms with Crippen LogP contribution in [0.25, 0.3) is 0 Å². The number of carbonyl (C=O) groups is 2.